The summed E-state index contributed by atoms with van der Waals surface area (Å²) in [5, 5.41) is 0.174. The number of methoxy groups -OCH3 is 2. The van der Waals surface area contributed by atoms with E-state index in [9.17, 15) is 18.0 Å². The van der Waals surface area contributed by atoms with E-state index in [0.29, 0.717) is 4.31 Å². The average molecular weight is 459 g/mol. The van der Waals surface area contributed by atoms with Gasteiger partial charge in [0.15, 0.2) is 0 Å². The number of rotatable bonds is 7. The lowest BCUT2D eigenvalue weighted by Crippen LogP contribution is -2.45. The summed E-state index contributed by atoms with van der Waals surface area (Å²) >= 11 is 6.01. The molecule has 0 saturated heterocycles. The maximum atomic E-state index is 13.0. The smallest absolute Gasteiger partial charge is 0.334 e. The Bertz CT molecular complexity index is 1060. The number of carbonyl (C=O) groups excluding carboxylic acids is 2. The minimum Gasteiger partial charge on any atom is -0.481 e. The van der Waals surface area contributed by atoms with Crippen LogP contribution in [0.3, 0.4) is 0 Å². The molecule has 12 nitrogen and oxygen atoms in total. The quantitative estimate of drug-likeness (QED) is 0.619. The van der Waals surface area contributed by atoms with Gasteiger partial charge in [0.1, 0.15) is 0 Å². The number of urea groups is 1. The van der Waals surface area contributed by atoms with Crippen LogP contribution in [0.2, 0.25) is 5.02 Å². The van der Waals surface area contributed by atoms with Crippen molar-refractivity contribution in [2.45, 2.75) is 0 Å². The molecule has 2 rings (SSSR count). The number of hydrogen-bond donors (Lipinski definition) is 2. The monoisotopic (exact) mass is 458 g/mol. The Morgan fingerprint density at radius 3 is 2.13 bits per heavy atom. The second kappa shape index (κ2) is 9.00. The van der Waals surface area contributed by atoms with Gasteiger partial charge in [0.05, 0.1) is 31.5 Å². The lowest BCUT2D eigenvalue weighted by Gasteiger charge is -2.25. The number of anilines is 2. The highest BCUT2D eigenvalue weighted by Crippen LogP contribution is 2.33. The van der Waals surface area contributed by atoms with Crippen LogP contribution in [0.1, 0.15) is 10.4 Å². The summed E-state index contributed by atoms with van der Waals surface area (Å²) in [6, 6.07) is 3.83. The van der Waals surface area contributed by atoms with Crippen LogP contribution in [0, 0.1) is 0 Å². The molecule has 0 fully saturated rings. The molecule has 1 aromatic carbocycles. The summed E-state index contributed by atoms with van der Waals surface area (Å²) in [7, 11) is 0.830. The molecule has 162 valence electrons. The van der Waals surface area contributed by atoms with Crippen LogP contribution in [0.4, 0.5) is 16.4 Å². The molecule has 0 saturated carbocycles. The summed E-state index contributed by atoms with van der Waals surface area (Å²) in [6.45, 7) is 0. The third-order valence-corrected chi connectivity index (χ3v) is 5.09. The van der Waals surface area contributed by atoms with Crippen LogP contribution < -0.4 is 24.2 Å². The molecule has 14 heteroatoms. The summed E-state index contributed by atoms with van der Waals surface area (Å²) < 4.78 is 38.2. The van der Waals surface area contributed by atoms with E-state index in [2.05, 4.69) is 9.97 Å². The van der Waals surface area contributed by atoms with Crippen molar-refractivity contribution in [2.75, 3.05) is 32.6 Å². The molecular formula is C16H19ClN6O6S. The first-order chi connectivity index (χ1) is 14.0. The number of primary amides is 1. The maximum absolute atomic E-state index is 13.0. The molecule has 30 heavy (non-hydrogen) atoms. The van der Waals surface area contributed by atoms with E-state index in [4.69, 9.17) is 26.8 Å². The summed E-state index contributed by atoms with van der Waals surface area (Å²) in [4.78, 5) is 33.2. The van der Waals surface area contributed by atoms with E-state index in [1.165, 1.54) is 57.5 Å². The van der Waals surface area contributed by atoms with Crippen molar-refractivity contribution in [3.05, 3.63) is 34.9 Å². The second-order valence-electron chi connectivity index (χ2n) is 5.85. The third-order valence-electron chi connectivity index (χ3n) is 3.55. The fourth-order valence-electron chi connectivity index (χ4n) is 2.31. The number of halogens is 1. The molecule has 0 aliphatic carbocycles. The molecule has 0 aliphatic heterocycles. The fourth-order valence-corrected chi connectivity index (χ4v) is 3.54. The number of nitrogens with zero attached hydrogens (tertiary/aromatic N) is 4. The van der Waals surface area contributed by atoms with E-state index >= 15 is 0 Å². The van der Waals surface area contributed by atoms with Gasteiger partial charge in [-0.1, -0.05) is 11.6 Å². The highest BCUT2D eigenvalue weighted by molar-refractivity contribution is 7.91. The van der Waals surface area contributed by atoms with E-state index in [1.54, 1.807) is 4.72 Å². The number of nitrogens with one attached hydrogen (secondary N) is 1. The van der Waals surface area contributed by atoms with Crippen molar-refractivity contribution in [3.63, 3.8) is 0 Å². The van der Waals surface area contributed by atoms with Gasteiger partial charge in [-0.3, -0.25) is 4.79 Å². The van der Waals surface area contributed by atoms with E-state index < -0.39 is 28.1 Å². The molecule has 0 aliphatic rings. The highest BCUT2D eigenvalue weighted by Gasteiger charge is 2.33. The Hall–Kier alpha value is -3.32. The first-order valence-corrected chi connectivity index (χ1v) is 9.92. The minimum atomic E-state index is -4.71. The Morgan fingerprint density at radius 2 is 1.67 bits per heavy atom. The molecule has 0 atom stereocenters. The predicted molar refractivity (Wildman–Crippen MR) is 108 cm³/mol. The molecule has 2 aromatic rings. The molecular weight excluding hydrogens is 440 g/mol. The van der Waals surface area contributed by atoms with Crippen LogP contribution >= 0.6 is 11.6 Å². The van der Waals surface area contributed by atoms with Crippen molar-refractivity contribution >= 4 is 45.4 Å². The van der Waals surface area contributed by atoms with Crippen molar-refractivity contribution in [1.29, 1.82) is 0 Å². The maximum Gasteiger partial charge on any atom is 0.334 e. The van der Waals surface area contributed by atoms with Crippen molar-refractivity contribution in [1.82, 2.24) is 19.6 Å². The largest absolute Gasteiger partial charge is 0.481 e. The predicted octanol–water partition coefficient (Wildman–Crippen LogP) is 0.900. The van der Waals surface area contributed by atoms with Gasteiger partial charge < -0.3 is 20.1 Å². The number of amides is 3. The zero-order valence-electron chi connectivity index (χ0n) is 16.4. The van der Waals surface area contributed by atoms with Gasteiger partial charge in [0.2, 0.25) is 11.8 Å². The van der Waals surface area contributed by atoms with Gasteiger partial charge in [-0.15, -0.1) is 0 Å². The van der Waals surface area contributed by atoms with Crippen LogP contribution in [0.15, 0.2) is 24.3 Å². The van der Waals surface area contributed by atoms with Crippen molar-refractivity contribution in [3.8, 4) is 11.8 Å². The van der Waals surface area contributed by atoms with Gasteiger partial charge in [-0.25, -0.2) is 9.52 Å². The Labute approximate surface area is 177 Å². The molecule has 1 aromatic heterocycles. The Kier molecular flexibility index (Phi) is 6.89. The highest BCUT2D eigenvalue weighted by atomic mass is 35.5. The van der Waals surface area contributed by atoms with E-state index in [1.807, 2.05) is 0 Å². The summed E-state index contributed by atoms with van der Waals surface area (Å²) in [5.74, 6) is -1.12. The number of aromatic nitrogens is 2. The number of hydrogen-bond acceptors (Lipinski definition) is 8. The van der Waals surface area contributed by atoms with Crippen LogP contribution in [-0.4, -0.2) is 63.5 Å². The molecule has 3 N–H and O–H groups in total. The van der Waals surface area contributed by atoms with Crippen LogP contribution in [0.25, 0.3) is 0 Å². The molecule has 3 amide bonds. The lowest BCUT2D eigenvalue weighted by atomic mass is 10.1. The number of nitrogens with two attached hydrogens (primary N) is 1. The number of ether oxygens (including phenoxy) is 2. The molecule has 0 radical (unpaired) electrons. The van der Waals surface area contributed by atoms with Gasteiger partial charge in [-0.2, -0.15) is 22.7 Å². The molecule has 0 spiro atoms. The fraction of sp³-hybridized carbons (Fsp3) is 0.250. The first kappa shape index (κ1) is 23.0. The Morgan fingerprint density at radius 1 is 1.10 bits per heavy atom. The normalized spacial score (nSPS) is 10.8. The molecule has 0 unspecified atom stereocenters. The minimum absolute atomic E-state index is 0.0365. The van der Waals surface area contributed by atoms with Crippen molar-refractivity contribution in [2.24, 2.45) is 5.73 Å². The molecule has 1 heterocycles. The van der Waals surface area contributed by atoms with Gasteiger partial charge in [0.25, 0.3) is 11.9 Å². The zero-order valence-corrected chi connectivity index (χ0v) is 18.0. The second-order valence-corrected chi connectivity index (χ2v) is 7.81. The number of benzene rings is 1. The van der Waals surface area contributed by atoms with E-state index in [-0.39, 0.29) is 28.0 Å². The molecule has 0 bridgehead atoms. The summed E-state index contributed by atoms with van der Waals surface area (Å²) in [5.41, 5.74) is 4.72. The standard InChI is InChI=1S/C16H19ClN6O6S/c1-22(2)14(24)10-7-9(17)5-6-11(10)23(30(26,27)21-15(18)25)16-19-12(28-3)8-13(20-16)29-4/h5-8H,1-4H3,(H3,18,21,25). The number of carbonyl (C=O) groups is 2. The average Bonchev–Trinajstić information content (AvgIpc) is 2.66. The zero-order chi connectivity index (χ0) is 22.6. The van der Waals surface area contributed by atoms with E-state index in [0.717, 1.165) is 0 Å². The third kappa shape index (κ3) is 4.99. The first-order valence-electron chi connectivity index (χ1n) is 8.11. The topological polar surface area (TPSA) is 157 Å². The summed E-state index contributed by atoms with van der Waals surface area (Å²) in [6.07, 6.45) is 0. The van der Waals surface area contributed by atoms with Gasteiger partial charge >= 0.3 is 16.2 Å². The SMILES string of the molecule is COc1cc(OC)nc(N(c2ccc(Cl)cc2C(=O)N(C)C)S(=O)(=O)NC(N)=O)n1. The van der Waals surface area contributed by atoms with Gasteiger partial charge in [-0.05, 0) is 18.2 Å². The van der Waals surface area contributed by atoms with Crippen LogP contribution in [0.5, 0.6) is 11.8 Å². The lowest BCUT2D eigenvalue weighted by molar-refractivity contribution is 0.0828. The van der Waals surface area contributed by atoms with Gasteiger partial charge in [0, 0.05) is 19.1 Å². The van der Waals surface area contributed by atoms with Crippen LogP contribution in [-0.2, 0) is 10.2 Å². The Balaban J connectivity index is 2.87. The van der Waals surface area contributed by atoms with Crippen molar-refractivity contribution < 1.29 is 27.5 Å².